The summed E-state index contributed by atoms with van der Waals surface area (Å²) < 4.78 is 10.9. The van der Waals surface area contributed by atoms with Gasteiger partial charge in [-0.2, -0.15) is 0 Å². The number of esters is 1. The van der Waals surface area contributed by atoms with E-state index in [2.05, 4.69) is 5.32 Å². The summed E-state index contributed by atoms with van der Waals surface area (Å²) >= 11 is 0. The molecule has 1 amide bonds. The van der Waals surface area contributed by atoms with E-state index in [1.165, 1.54) is 0 Å². The van der Waals surface area contributed by atoms with Crippen LogP contribution in [0, 0.1) is 6.92 Å². The minimum Gasteiger partial charge on any atom is -0.479 e. The zero-order valence-corrected chi connectivity index (χ0v) is 14.7. The van der Waals surface area contributed by atoms with E-state index in [0.29, 0.717) is 17.9 Å². The summed E-state index contributed by atoms with van der Waals surface area (Å²) in [6.45, 7) is 5.26. The fourth-order valence-electron chi connectivity index (χ4n) is 2.21. The summed E-state index contributed by atoms with van der Waals surface area (Å²) in [6, 6.07) is 16.5. The molecule has 25 heavy (non-hydrogen) atoms. The topological polar surface area (TPSA) is 64.6 Å². The Hall–Kier alpha value is -2.82. The number of anilines is 1. The highest BCUT2D eigenvalue weighted by Gasteiger charge is 2.25. The lowest BCUT2D eigenvalue weighted by Gasteiger charge is -2.19. The molecule has 0 saturated heterocycles. The Morgan fingerprint density at radius 2 is 1.68 bits per heavy atom. The first-order valence-electron chi connectivity index (χ1n) is 8.30. The van der Waals surface area contributed by atoms with Crippen molar-refractivity contribution in [3.05, 3.63) is 60.2 Å². The van der Waals surface area contributed by atoms with E-state index in [1.54, 1.807) is 25.1 Å². The van der Waals surface area contributed by atoms with Gasteiger partial charge >= 0.3 is 5.97 Å². The number of carbonyl (C=O) groups excluding carboxylic acids is 2. The molecule has 0 aromatic heterocycles. The van der Waals surface area contributed by atoms with Crippen molar-refractivity contribution in [2.24, 2.45) is 0 Å². The molecule has 132 valence electrons. The molecule has 0 heterocycles. The van der Waals surface area contributed by atoms with Crippen molar-refractivity contribution in [2.45, 2.75) is 39.4 Å². The van der Waals surface area contributed by atoms with Crippen LogP contribution in [-0.4, -0.2) is 24.1 Å². The highest BCUT2D eigenvalue weighted by atomic mass is 16.6. The molecule has 0 spiro atoms. The fourth-order valence-corrected chi connectivity index (χ4v) is 2.21. The lowest BCUT2D eigenvalue weighted by molar-refractivity contribution is -0.160. The van der Waals surface area contributed by atoms with Crippen molar-refractivity contribution in [2.75, 3.05) is 5.32 Å². The van der Waals surface area contributed by atoms with Crippen LogP contribution in [0.15, 0.2) is 54.6 Å². The maximum atomic E-state index is 12.3. The third-order valence-corrected chi connectivity index (χ3v) is 3.72. The molecule has 2 rings (SSSR count). The molecule has 0 radical (unpaired) electrons. The summed E-state index contributed by atoms with van der Waals surface area (Å²) in [5, 5.41) is 2.76. The van der Waals surface area contributed by atoms with Crippen molar-refractivity contribution in [1.82, 2.24) is 0 Å². The molecular weight excluding hydrogens is 318 g/mol. The molecular formula is C20H23NO4. The average Bonchev–Trinajstić information content (AvgIpc) is 2.62. The van der Waals surface area contributed by atoms with Crippen LogP contribution in [-0.2, 0) is 14.3 Å². The third kappa shape index (κ3) is 5.35. The second kappa shape index (κ2) is 8.87. The molecule has 0 fully saturated rings. The summed E-state index contributed by atoms with van der Waals surface area (Å²) in [6.07, 6.45) is -1.23. The fraction of sp³-hybridized carbons (Fsp3) is 0.300. The molecule has 0 aliphatic carbocycles. The highest BCUT2D eigenvalue weighted by Crippen LogP contribution is 2.16. The predicted molar refractivity (Wildman–Crippen MR) is 96.5 cm³/mol. The first-order chi connectivity index (χ1) is 12.0. The number of hydrogen-bond donors (Lipinski definition) is 1. The monoisotopic (exact) mass is 341 g/mol. The number of para-hydroxylation sites is 2. The number of carbonyl (C=O) groups is 2. The number of rotatable bonds is 7. The van der Waals surface area contributed by atoms with Gasteiger partial charge < -0.3 is 14.8 Å². The van der Waals surface area contributed by atoms with Gasteiger partial charge in [0.1, 0.15) is 5.75 Å². The maximum Gasteiger partial charge on any atom is 0.348 e. The Kier molecular flexibility index (Phi) is 6.57. The van der Waals surface area contributed by atoms with Crippen LogP contribution < -0.4 is 10.1 Å². The van der Waals surface area contributed by atoms with E-state index >= 15 is 0 Å². The molecule has 2 atom stereocenters. The van der Waals surface area contributed by atoms with Crippen LogP contribution in [0.2, 0.25) is 0 Å². The molecule has 2 aromatic rings. The zero-order chi connectivity index (χ0) is 18.2. The minimum atomic E-state index is -0.916. The highest BCUT2D eigenvalue weighted by molar-refractivity contribution is 5.95. The third-order valence-electron chi connectivity index (χ3n) is 3.72. The van der Waals surface area contributed by atoms with Crippen LogP contribution in [0.1, 0.15) is 25.8 Å². The van der Waals surface area contributed by atoms with Gasteiger partial charge in [0.15, 0.2) is 12.2 Å². The van der Waals surface area contributed by atoms with Gasteiger partial charge in [0.05, 0.1) is 0 Å². The first-order valence-corrected chi connectivity index (χ1v) is 8.30. The summed E-state index contributed by atoms with van der Waals surface area (Å²) in [7, 11) is 0. The summed E-state index contributed by atoms with van der Waals surface area (Å²) in [5.74, 6) is -0.348. The lowest BCUT2D eigenvalue weighted by atomic mass is 10.2. The number of benzene rings is 2. The van der Waals surface area contributed by atoms with E-state index in [9.17, 15) is 9.59 Å². The minimum absolute atomic E-state index is 0.378. The number of ether oxygens (including phenoxy) is 2. The van der Waals surface area contributed by atoms with Crippen molar-refractivity contribution in [3.63, 3.8) is 0 Å². The van der Waals surface area contributed by atoms with Crippen molar-refractivity contribution in [1.29, 1.82) is 0 Å². The second-order valence-electron chi connectivity index (χ2n) is 5.71. The predicted octanol–water partition coefficient (Wildman–Crippen LogP) is 3.72. The van der Waals surface area contributed by atoms with Gasteiger partial charge in [0, 0.05) is 5.69 Å². The quantitative estimate of drug-likeness (QED) is 0.780. The van der Waals surface area contributed by atoms with Gasteiger partial charge in [-0.05, 0) is 44.0 Å². The molecule has 1 N–H and O–H groups in total. The molecule has 0 aliphatic rings. The van der Waals surface area contributed by atoms with Crippen molar-refractivity contribution >= 4 is 17.6 Å². The normalized spacial score (nSPS) is 12.8. The molecule has 0 aliphatic heterocycles. The second-order valence-corrected chi connectivity index (χ2v) is 5.71. The summed E-state index contributed by atoms with van der Waals surface area (Å²) in [5.41, 5.74) is 1.64. The average molecular weight is 341 g/mol. The Labute approximate surface area is 148 Å². The van der Waals surface area contributed by atoms with Crippen LogP contribution in [0.25, 0.3) is 0 Å². The smallest absolute Gasteiger partial charge is 0.348 e. The van der Waals surface area contributed by atoms with E-state index in [1.807, 2.05) is 50.2 Å². The largest absolute Gasteiger partial charge is 0.479 e. The maximum absolute atomic E-state index is 12.3. The lowest BCUT2D eigenvalue weighted by Crippen LogP contribution is -2.36. The van der Waals surface area contributed by atoms with E-state index in [-0.39, 0.29) is 5.91 Å². The van der Waals surface area contributed by atoms with Gasteiger partial charge in [-0.3, -0.25) is 4.79 Å². The molecule has 5 heteroatoms. The Balaban J connectivity index is 1.93. The number of hydrogen-bond acceptors (Lipinski definition) is 4. The van der Waals surface area contributed by atoms with Gasteiger partial charge in [-0.25, -0.2) is 4.79 Å². The zero-order valence-electron chi connectivity index (χ0n) is 14.7. The standard InChI is InChI=1S/C20H23NO4/c1-4-18(25-16-11-6-5-7-12-16)20(23)24-15(3)19(22)21-17-13-9-8-10-14(17)2/h5-13,15,18H,4H2,1-3H3,(H,21,22)/t15-,18+/m0/s1. The van der Waals surface area contributed by atoms with Gasteiger partial charge in [-0.15, -0.1) is 0 Å². The first kappa shape index (κ1) is 18.5. The molecule has 0 bridgehead atoms. The van der Waals surface area contributed by atoms with Crippen LogP contribution in [0.4, 0.5) is 5.69 Å². The van der Waals surface area contributed by atoms with Gasteiger partial charge in [0.25, 0.3) is 5.91 Å². The number of aryl methyl sites for hydroxylation is 1. The molecule has 0 unspecified atom stereocenters. The summed E-state index contributed by atoms with van der Waals surface area (Å²) in [4.78, 5) is 24.5. The Morgan fingerprint density at radius 3 is 2.32 bits per heavy atom. The van der Waals surface area contributed by atoms with E-state index in [4.69, 9.17) is 9.47 Å². The van der Waals surface area contributed by atoms with Crippen molar-refractivity contribution < 1.29 is 19.1 Å². The van der Waals surface area contributed by atoms with Crippen LogP contribution >= 0.6 is 0 Å². The van der Waals surface area contributed by atoms with E-state index < -0.39 is 18.2 Å². The van der Waals surface area contributed by atoms with Gasteiger partial charge in [-0.1, -0.05) is 43.3 Å². The van der Waals surface area contributed by atoms with Crippen molar-refractivity contribution in [3.8, 4) is 5.75 Å². The van der Waals surface area contributed by atoms with Crippen LogP contribution in [0.5, 0.6) is 5.75 Å². The molecule has 5 nitrogen and oxygen atoms in total. The SMILES string of the molecule is CC[C@@H](Oc1ccccc1)C(=O)O[C@@H](C)C(=O)Nc1ccccc1C. The van der Waals surface area contributed by atoms with Gasteiger partial charge in [0.2, 0.25) is 0 Å². The Bertz CT molecular complexity index is 715. The number of nitrogens with one attached hydrogen (secondary N) is 1. The Morgan fingerprint density at radius 1 is 1.04 bits per heavy atom. The molecule has 2 aromatic carbocycles. The molecule has 0 saturated carbocycles. The number of amides is 1. The van der Waals surface area contributed by atoms with Crippen LogP contribution in [0.3, 0.4) is 0 Å². The van der Waals surface area contributed by atoms with E-state index in [0.717, 1.165) is 5.56 Å².